The molecule has 0 aliphatic carbocycles. The van der Waals surface area contributed by atoms with Gasteiger partial charge in [-0.15, -0.1) is 0 Å². The number of benzene rings is 2. The van der Waals surface area contributed by atoms with E-state index in [0.29, 0.717) is 17.1 Å². The van der Waals surface area contributed by atoms with E-state index in [1.54, 1.807) is 11.8 Å². The first-order valence-corrected chi connectivity index (χ1v) is 9.94. The highest BCUT2D eigenvalue weighted by Crippen LogP contribution is 2.33. The third-order valence-corrected chi connectivity index (χ3v) is 5.19. The van der Waals surface area contributed by atoms with Gasteiger partial charge in [0, 0.05) is 13.0 Å². The Morgan fingerprint density at radius 3 is 2.57 bits per heavy atom. The number of aryl methyl sites for hydroxylation is 1. The molecule has 1 aliphatic rings. The van der Waals surface area contributed by atoms with Crippen molar-refractivity contribution in [1.82, 2.24) is 9.78 Å². The predicted molar refractivity (Wildman–Crippen MR) is 115 cm³/mol. The van der Waals surface area contributed by atoms with E-state index in [1.165, 1.54) is 0 Å². The number of para-hydroxylation sites is 3. The number of carbonyl (C=O) groups excluding carboxylic acids is 2. The molecule has 1 unspecified atom stereocenters. The van der Waals surface area contributed by atoms with E-state index in [-0.39, 0.29) is 24.8 Å². The molecule has 2 aromatic carbocycles. The van der Waals surface area contributed by atoms with E-state index in [2.05, 4.69) is 10.4 Å². The molecule has 1 aromatic heterocycles. The summed E-state index contributed by atoms with van der Waals surface area (Å²) in [5, 5.41) is 7.52. The van der Waals surface area contributed by atoms with Crippen LogP contribution in [0, 0.1) is 13.8 Å². The molecule has 1 N–H and O–H groups in total. The molecular formula is C23H24N4O3. The number of hydrogen-bond acceptors (Lipinski definition) is 4. The second kappa shape index (κ2) is 8.02. The average molecular weight is 404 g/mol. The molecule has 0 radical (unpaired) electrons. The first-order valence-electron chi connectivity index (χ1n) is 9.94. The summed E-state index contributed by atoms with van der Waals surface area (Å²) in [6, 6.07) is 17.1. The van der Waals surface area contributed by atoms with Crippen molar-refractivity contribution in [2.24, 2.45) is 0 Å². The van der Waals surface area contributed by atoms with E-state index in [4.69, 9.17) is 4.74 Å². The molecule has 0 saturated carbocycles. The normalized spacial score (nSPS) is 15.5. The number of aromatic nitrogens is 2. The number of carbonyl (C=O) groups is 2. The lowest BCUT2D eigenvalue weighted by Gasteiger charge is -2.32. The maximum absolute atomic E-state index is 12.7. The summed E-state index contributed by atoms with van der Waals surface area (Å²) in [7, 11) is 0. The van der Waals surface area contributed by atoms with Gasteiger partial charge in [0.15, 0.2) is 6.10 Å². The maximum atomic E-state index is 12.7. The molecule has 154 valence electrons. The minimum atomic E-state index is -0.573. The number of hydrogen-bond donors (Lipinski definition) is 1. The Bertz CT molecular complexity index is 1090. The third kappa shape index (κ3) is 3.66. The molecular weight excluding hydrogens is 380 g/mol. The van der Waals surface area contributed by atoms with Gasteiger partial charge in [-0.25, -0.2) is 4.68 Å². The zero-order chi connectivity index (χ0) is 21.3. The first-order chi connectivity index (χ1) is 14.5. The molecule has 0 spiro atoms. The average Bonchev–Trinajstić information content (AvgIpc) is 3.03. The van der Waals surface area contributed by atoms with E-state index in [9.17, 15) is 9.59 Å². The van der Waals surface area contributed by atoms with Gasteiger partial charge in [0.2, 0.25) is 5.91 Å². The smallest absolute Gasteiger partial charge is 0.267 e. The van der Waals surface area contributed by atoms with Gasteiger partial charge in [-0.1, -0.05) is 30.3 Å². The monoisotopic (exact) mass is 404 g/mol. The van der Waals surface area contributed by atoms with E-state index in [1.807, 2.05) is 73.1 Å². The van der Waals surface area contributed by atoms with Crippen LogP contribution in [0.25, 0.3) is 5.69 Å². The molecule has 7 nitrogen and oxygen atoms in total. The Labute approximate surface area is 175 Å². The van der Waals surface area contributed by atoms with Gasteiger partial charge in [0.25, 0.3) is 5.91 Å². The minimum Gasteiger partial charge on any atom is -0.479 e. The van der Waals surface area contributed by atoms with E-state index < -0.39 is 6.10 Å². The van der Waals surface area contributed by atoms with E-state index >= 15 is 0 Å². The summed E-state index contributed by atoms with van der Waals surface area (Å²) in [6.45, 7) is 5.79. The molecule has 3 aromatic rings. The van der Waals surface area contributed by atoms with Gasteiger partial charge in [0.1, 0.15) is 5.75 Å². The number of amides is 2. The lowest BCUT2D eigenvalue weighted by atomic mass is 10.1. The van der Waals surface area contributed by atoms with Crippen LogP contribution < -0.4 is 15.0 Å². The van der Waals surface area contributed by atoms with Crippen LogP contribution in [0.1, 0.15) is 24.7 Å². The Kier molecular flexibility index (Phi) is 5.27. The molecule has 7 heteroatoms. The third-order valence-electron chi connectivity index (χ3n) is 5.19. The van der Waals surface area contributed by atoms with Gasteiger partial charge in [-0.3, -0.25) is 9.59 Å². The van der Waals surface area contributed by atoms with Crippen LogP contribution in [-0.4, -0.2) is 34.2 Å². The summed E-state index contributed by atoms with van der Waals surface area (Å²) in [5.74, 6) is 0.338. The lowest BCUT2D eigenvalue weighted by Crippen LogP contribution is -2.45. The highest BCUT2D eigenvalue weighted by molar-refractivity contribution is 6.01. The number of anilines is 2. The van der Waals surface area contributed by atoms with Crippen molar-refractivity contribution in [2.75, 3.05) is 16.8 Å². The fraction of sp³-hybridized carbons (Fsp3) is 0.261. The number of ether oxygens (including phenoxy) is 1. The number of rotatable bonds is 5. The molecule has 0 bridgehead atoms. The summed E-state index contributed by atoms with van der Waals surface area (Å²) in [4.78, 5) is 26.9. The Balaban J connectivity index is 1.47. The molecule has 2 amide bonds. The van der Waals surface area contributed by atoms with Gasteiger partial charge < -0.3 is 15.0 Å². The Hall–Kier alpha value is -3.61. The number of nitrogens with one attached hydrogen (secondary N) is 1. The SMILES string of the molecule is Cc1nn(-c2ccccc2)c(C)c1NC(=O)CCN1C(=O)C(C)Oc2ccccc21. The second-order valence-corrected chi connectivity index (χ2v) is 7.31. The molecule has 2 heterocycles. The van der Waals surface area contributed by atoms with Crippen LogP contribution in [0.3, 0.4) is 0 Å². The molecule has 0 fully saturated rings. The van der Waals surface area contributed by atoms with Crippen LogP contribution in [0.2, 0.25) is 0 Å². The van der Waals surface area contributed by atoms with Crippen molar-refractivity contribution in [3.63, 3.8) is 0 Å². The molecule has 4 rings (SSSR count). The van der Waals surface area contributed by atoms with Crippen LogP contribution in [0.5, 0.6) is 5.75 Å². The minimum absolute atomic E-state index is 0.147. The van der Waals surface area contributed by atoms with Crippen LogP contribution in [0.4, 0.5) is 11.4 Å². The Morgan fingerprint density at radius 2 is 1.80 bits per heavy atom. The largest absolute Gasteiger partial charge is 0.479 e. The van der Waals surface area contributed by atoms with Crippen LogP contribution >= 0.6 is 0 Å². The molecule has 1 aliphatic heterocycles. The summed E-state index contributed by atoms with van der Waals surface area (Å²) in [5.41, 5.74) is 3.92. The van der Waals surface area contributed by atoms with Gasteiger partial charge in [0.05, 0.1) is 28.5 Å². The molecule has 0 saturated heterocycles. The van der Waals surface area contributed by atoms with Crippen molar-refractivity contribution in [2.45, 2.75) is 33.3 Å². The fourth-order valence-electron chi connectivity index (χ4n) is 3.65. The quantitative estimate of drug-likeness (QED) is 0.705. The van der Waals surface area contributed by atoms with Crippen molar-refractivity contribution in [3.05, 3.63) is 66.0 Å². The Morgan fingerprint density at radius 1 is 1.10 bits per heavy atom. The van der Waals surface area contributed by atoms with Gasteiger partial charge in [-0.05, 0) is 45.0 Å². The summed E-state index contributed by atoms with van der Waals surface area (Å²) < 4.78 is 7.46. The number of fused-ring (bicyclic) bond motifs is 1. The molecule has 30 heavy (non-hydrogen) atoms. The van der Waals surface area contributed by atoms with Crippen LogP contribution in [0.15, 0.2) is 54.6 Å². The molecule has 1 atom stereocenters. The number of nitrogens with zero attached hydrogens (tertiary/aromatic N) is 3. The topological polar surface area (TPSA) is 76.5 Å². The lowest BCUT2D eigenvalue weighted by molar-refractivity contribution is -0.125. The second-order valence-electron chi connectivity index (χ2n) is 7.31. The highest BCUT2D eigenvalue weighted by Gasteiger charge is 2.31. The van der Waals surface area contributed by atoms with Crippen LogP contribution in [-0.2, 0) is 9.59 Å². The zero-order valence-corrected chi connectivity index (χ0v) is 17.3. The first kappa shape index (κ1) is 19.7. The van der Waals surface area contributed by atoms with Crippen molar-refractivity contribution in [1.29, 1.82) is 0 Å². The summed E-state index contributed by atoms with van der Waals surface area (Å²) in [6.07, 6.45) is -0.404. The van der Waals surface area contributed by atoms with E-state index in [0.717, 1.165) is 17.1 Å². The van der Waals surface area contributed by atoms with Gasteiger partial charge >= 0.3 is 0 Å². The predicted octanol–water partition coefficient (Wildman–Crippen LogP) is 3.63. The zero-order valence-electron chi connectivity index (χ0n) is 17.3. The fourth-order valence-corrected chi connectivity index (χ4v) is 3.65. The van der Waals surface area contributed by atoms with Gasteiger partial charge in [-0.2, -0.15) is 5.10 Å². The summed E-state index contributed by atoms with van der Waals surface area (Å²) >= 11 is 0. The van der Waals surface area contributed by atoms with Crippen molar-refractivity contribution < 1.29 is 14.3 Å². The van der Waals surface area contributed by atoms with Crippen molar-refractivity contribution >= 4 is 23.2 Å². The maximum Gasteiger partial charge on any atom is 0.267 e. The standard InChI is InChI=1S/C23H24N4O3/c1-15-22(16(2)27(25-15)18-9-5-4-6-10-18)24-21(28)13-14-26-19-11-7-8-12-20(19)30-17(3)23(26)29/h4-12,17H,13-14H2,1-3H3,(H,24,28). The highest BCUT2D eigenvalue weighted by atomic mass is 16.5. The van der Waals surface area contributed by atoms with Crippen molar-refractivity contribution in [3.8, 4) is 11.4 Å².